The SMILES string of the molecule is COc1cc(C=Cc2nc3n(n2)CCO[C@H]3c2ccc(C#N)cc2)ccc1-n1cnc(C)c1. The number of hydrogen-bond acceptors (Lipinski definition) is 6. The molecule has 0 saturated carbocycles. The van der Waals surface area contributed by atoms with Crippen molar-refractivity contribution in [1.29, 1.82) is 5.26 Å². The Balaban J connectivity index is 1.40. The Kier molecular flexibility index (Phi) is 5.47. The molecule has 164 valence electrons. The summed E-state index contributed by atoms with van der Waals surface area (Å²) in [5.41, 5.74) is 4.41. The second kappa shape index (κ2) is 8.73. The third-order valence-electron chi connectivity index (χ3n) is 5.50. The molecule has 0 unspecified atom stereocenters. The topological polar surface area (TPSA) is 90.8 Å². The second-order valence-electron chi connectivity index (χ2n) is 7.72. The third-order valence-corrected chi connectivity index (χ3v) is 5.50. The maximum atomic E-state index is 9.03. The maximum Gasteiger partial charge on any atom is 0.174 e. The van der Waals surface area contributed by atoms with Gasteiger partial charge < -0.3 is 14.0 Å². The number of methoxy groups -OCH3 is 1. The number of rotatable bonds is 5. The maximum absolute atomic E-state index is 9.03. The minimum absolute atomic E-state index is 0.306. The fourth-order valence-electron chi connectivity index (χ4n) is 3.85. The molecule has 8 nitrogen and oxygen atoms in total. The van der Waals surface area contributed by atoms with E-state index in [-0.39, 0.29) is 6.10 Å². The van der Waals surface area contributed by atoms with Crippen molar-refractivity contribution in [3.63, 3.8) is 0 Å². The lowest BCUT2D eigenvalue weighted by Crippen LogP contribution is -2.23. The Morgan fingerprint density at radius 2 is 2.03 bits per heavy atom. The fraction of sp³-hybridized carbons (Fsp3) is 0.200. The van der Waals surface area contributed by atoms with Crippen LogP contribution in [0.15, 0.2) is 55.0 Å². The summed E-state index contributed by atoms with van der Waals surface area (Å²) < 4.78 is 15.4. The zero-order chi connectivity index (χ0) is 22.8. The molecule has 0 aliphatic carbocycles. The van der Waals surface area contributed by atoms with E-state index in [9.17, 15) is 0 Å². The summed E-state index contributed by atoms with van der Waals surface area (Å²) in [7, 11) is 1.66. The Morgan fingerprint density at radius 3 is 2.76 bits per heavy atom. The van der Waals surface area contributed by atoms with Gasteiger partial charge >= 0.3 is 0 Å². The van der Waals surface area contributed by atoms with Crippen LogP contribution >= 0.6 is 0 Å². The van der Waals surface area contributed by atoms with Crippen molar-refractivity contribution in [2.45, 2.75) is 19.6 Å². The summed E-state index contributed by atoms with van der Waals surface area (Å²) in [5.74, 6) is 2.12. The molecule has 0 N–H and O–H groups in total. The zero-order valence-electron chi connectivity index (χ0n) is 18.3. The number of ether oxygens (including phenoxy) is 2. The van der Waals surface area contributed by atoms with Crippen LogP contribution in [0.4, 0.5) is 0 Å². The van der Waals surface area contributed by atoms with Crippen LogP contribution in [0.25, 0.3) is 17.8 Å². The van der Waals surface area contributed by atoms with E-state index in [2.05, 4.69) is 16.2 Å². The molecule has 0 amide bonds. The standard InChI is InChI=1S/C25H22N6O2/c1-17-15-30(16-27-17)21-9-5-18(13-22(21)32-2)6-10-23-28-25-24(33-12-11-31(25)29-23)20-7-3-19(14-26)4-8-20/h3-10,13,15-16,24H,11-12H2,1-2H3/t24-/m0/s1. The normalized spacial score (nSPS) is 15.4. The summed E-state index contributed by atoms with van der Waals surface area (Å²) in [6, 6.07) is 15.5. The molecule has 0 bridgehead atoms. The van der Waals surface area contributed by atoms with Gasteiger partial charge in [-0.2, -0.15) is 10.4 Å². The number of aryl methyl sites for hydroxylation is 1. The Hall–Kier alpha value is -4.22. The van der Waals surface area contributed by atoms with E-state index in [1.54, 1.807) is 25.6 Å². The van der Waals surface area contributed by atoms with Crippen LogP contribution in [0.5, 0.6) is 5.75 Å². The highest BCUT2D eigenvalue weighted by atomic mass is 16.5. The molecule has 33 heavy (non-hydrogen) atoms. The summed E-state index contributed by atoms with van der Waals surface area (Å²) in [5, 5.41) is 13.7. The van der Waals surface area contributed by atoms with Gasteiger partial charge in [-0.1, -0.05) is 24.3 Å². The van der Waals surface area contributed by atoms with E-state index in [4.69, 9.17) is 19.7 Å². The van der Waals surface area contributed by atoms with Crippen LogP contribution in [-0.2, 0) is 11.3 Å². The fourth-order valence-corrected chi connectivity index (χ4v) is 3.85. The van der Waals surface area contributed by atoms with E-state index in [1.807, 2.05) is 64.9 Å². The first-order valence-electron chi connectivity index (χ1n) is 10.6. The van der Waals surface area contributed by atoms with Crippen LogP contribution < -0.4 is 4.74 Å². The van der Waals surface area contributed by atoms with Gasteiger partial charge in [0.1, 0.15) is 11.9 Å². The van der Waals surface area contributed by atoms with Crippen molar-refractivity contribution in [2.24, 2.45) is 0 Å². The van der Waals surface area contributed by atoms with Crippen molar-refractivity contribution in [3.05, 3.63) is 89.0 Å². The minimum Gasteiger partial charge on any atom is -0.495 e. The first kappa shape index (κ1) is 20.7. The van der Waals surface area contributed by atoms with Gasteiger partial charge in [-0.25, -0.2) is 14.6 Å². The molecule has 0 saturated heterocycles. The number of nitriles is 1. The van der Waals surface area contributed by atoms with E-state index in [0.29, 0.717) is 24.5 Å². The van der Waals surface area contributed by atoms with Crippen LogP contribution in [0.1, 0.15) is 40.1 Å². The molecule has 4 aromatic rings. The van der Waals surface area contributed by atoms with Gasteiger partial charge in [0.2, 0.25) is 0 Å². The van der Waals surface area contributed by atoms with Crippen LogP contribution in [-0.4, -0.2) is 38.0 Å². The summed E-state index contributed by atoms with van der Waals surface area (Å²) in [6.07, 6.45) is 7.27. The van der Waals surface area contributed by atoms with Crippen molar-refractivity contribution in [3.8, 4) is 17.5 Å². The molecule has 1 aliphatic heterocycles. The first-order valence-corrected chi connectivity index (χ1v) is 10.6. The third kappa shape index (κ3) is 4.14. The molecule has 0 fully saturated rings. The van der Waals surface area contributed by atoms with Gasteiger partial charge in [-0.3, -0.25) is 0 Å². The molecule has 1 aliphatic rings. The van der Waals surface area contributed by atoms with Gasteiger partial charge in [0.25, 0.3) is 0 Å². The lowest BCUT2D eigenvalue weighted by atomic mass is 10.1. The summed E-state index contributed by atoms with van der Waals surface area (Å²) in [4.78, 5) is 8.99. The number of aromatic nitrogens is 5. The quantitative estimate of drug-likeness (QED) is 0.469. The van der Waals surface area contributed by atoms with Gasteiger partial charge in [0.05, 0.1) is 49.6 Å². The average molecular weight is 438 g/mol. The number of fused-ring (bicyclic) bond motifs is 1. The lowest BCUT2D eigenvalue weighted by molar-refractivity contribution is 0.0390. The number of imidazole rings is 1. The molecule has 5 rings (SSSR count). The zero-order valence-corrected chi connectivity index (χ0v) is 18.3. The molecular weight excluding hydrogens is 416 g/mol. The smallest absolute Gasteiger partial charge is 0.174 e. The Bertz CT molecular complexity index is 1360. The minimum atomic E-state index is -0.306. The highest BCUT2D eigenvalue weighted by Gasteiger charge is 2.26. The van der Waals surface area contributed by atoms with Crippen LogP contribution in [0.2, 0.25) is 0 Å². The van der Waals surface area contributed by atoms with Gasteiger partial charge in [0.15, 0.2) is 11.6 Å². The van der Waals surface area contributed by atoms with Gasteiger partial charge in [0, 0.05) is 6.20 Å². The lowest BCUT2D eigenvalue weighted by Gasteiger charge is -2.23. The Morgan fingerprint density at radius 1 is 1.18 bits per heavy atom. The molecule has 2 aromatic carbocycles. The predicted molar refractivity (Wildman–Crippen MR) is 123 cm³/mol. The first-order chi connectivity index (χ1) is 16.1. The molecule has 8 heteroatoms. The molecule has 0 spiro atoms. The molecular formula is C25H22N6O2. The highest BCUT2D eigenvalue weighted by Crippen LogP contribution is 2.29. The summed E-state index contributed by atoms with van der Waals surface area (Å²) in [6.45, 7) is 3.15. The monoisotopic (exact) mass is 438 g/mol. The van der Waals surface area contributed by atoms with E-state index in [0.717, 1.165) is 34.1 Å². The van der Waals surface area contributed by atoms with Crippen molar-refractivity contribution >= 4 is 12.2 Å². The largest absolute Gasteiger partial charge is 0.495 e. The highest BCUT2D eigenvalue weighted by molar-refractivity contribution is 5.69. The van der Waals surface area contributed by atoms with Crippen LogP contribution in [0, 0.1) is 18.3 Å². The van der Waals surface area contributed by atoms with Gasteiger partial charge in [-0.15, -0.1) is 0 Å². The Labute approximate surface area is 191 Å². The molecule has 0 radical (unpaired) electrons. The van der Waals surface area contributed by atoms with Crippen LogP contribution in [0.3, 0.4) is 0 Å². The van der Waals surface area contributed by atoms with Crippen molar-refractivity contribution < 1.29 is 9.47 Å². The summed E-state index contributed by atoms with van der Waals surface area (Å²) >= 11 is 0. The van der Waals surface area contributed by atoms with E-state index in [1.165, 1.54) is 0 Å². The molecule has 3 heterocycles. The number of nitrogens with zero attached hydrogens (tertiary/aromatic N) is 6. The number of hydrogen-bond donors (Lipinski definition) is 0. The second-order valence-corrected chi connectivity index (χ2v) is 7.72. The molecule has 2 aromatic heterocycles. The van der Waals surface area contributed by atoms with Crippen molar-refractivity contribution in [2.75, 3.05) is 13.7 Å². The van der Waals surface area contributed by atoms with E-state index < -0.39 is 0 Å². The average Bonchev–Trinajstić information content (AvgIpc) is 3.48. The van der Waals surface area contributed by atoms with Crippen molar-refractivity contribution in [1.82, 2.24) is 24.3 Å². The predicted octanol–water partition coefficient (Wildman–Crippen LogP) is 3.94. The molecule has 1 atom stereocenters. The number of benzene rings is 2. The van der Waals surface area contributed by atoms with Gasteiger partial charge in [-0.05, 0) is 48.4 Å². The van der Waals surface area contributed by atoms with E-state index >= 15 is 0 Å².